The summed E-state index contributed by atoms with van der Waals surface area (Å²) in [4.78, 5) is 22.6. The summed E-state index contributed by atoms with van der Waals surface area (Å²) >= 11 is 0. The summed E-state index contributed by atoms with van der Waals surface area (Å²) in [5, 5.41) is 17.9. The van der Waals surface area contributed by atoms with Crippen LogP contribution < -0.4 is 5.32 Å². The number of rotatable bonds is 5. The average Bonchev–Trinajstić information content (AvgIpc) is 2.72. The largest absolute Gasteiger partial charge is 0.350 e. The number of aromatic nitrogens is 2. The number of carbonyl (C=O) groups is 1. The van der Waals surface area contributed by atoms with Crippen LogP contribution >= 0.6 is 0 Å². The van der Waals surface area contributed by atoms with Crippen molar-refractivity contribution in [2.24, 2.45) is 0 Å². The van der Waals surface area contributed by atoms with Crippen LogP contribution in [0.4, 0.5) is 5.69 Å². The van der Waals surface area contributed by atoms with Crippen LogP contribution in [0.2, 0.25) is 0 Å². The molecule has 1 N–H and O–H groups in total. The lowest BCUT2D eigenvalue weighted by Crippen LogP contribution is -2.28. The molecule has 1 aromatic heterocycles. The van der Waals surface area contributed by atoms with Crippen LogP contribution in [0.3, 0.4) is 0 Å². The van der Waals surface area contributed by atoms with Gasteiger partial charge in [-0.2, -0.15) is 5.10 Å². The lowest BCUT2D eigenvalue weighted by atomic mass is 10.1. The number of carbonyl (C=O) groups excluding carboxylic acids is 1. The normalized spacial score (nSPS) is 10.6. The maximum Gasteiger partial charge on any atom is 0.312 e. The van der Waals surface area contributed by atoms with Crippen LogP contribution in [-0.4, -0.2) is 20.6 Å². The van der Waals surface area contributed by atoms with Crippen LogP contribution in [0.25, 0.3) is 0 Å². The molecule has 2 aromatic rings. The van der Waals surface area contributed by atoms with E-state index < -0.39 is 4.92 Å². The molecule has 23 heavy (non-hydrogen) atoms. The number of hydrogen-bond acceptors (Lipinski definition) is 4. The molecule has 0 fully saturated rings. The number of hydrogen-bond donors (Lipinski definition) is 1. The second-order valence-corrected chi connectivity index (χ2v) is 5.64. The Morgan fingerprint density at radius 1 is 1.30 bits per heavy atom. The third kappa shape index (κ3) is 3.74. The van der Waals surface area contributed by atoms with Gasteiger partial charge < -0.3 is 5.32 Å². The predicted octanol–water partition coefficient (Wildman–Crippen LogP) is 2.34. The smallest absolute Gasteiger partial charge is 0.312 e. The molecule has 0 aliphatic heterocycles. The first-order valence-corrected chi connectivity index (χ1v) is 7.31. The maximum absolute atomic E-state index is 12.1. The van der Waals surface area contributed by atoms with Gasteiger partial charge in [0.2, 0.25) is 5.91 Å². The molecule has 0 bridgehead atoms. The van der Waals surface area contributed by atoms with Crippen molar-refractivity contribution in [3.8, 4) is 0 Å². The van der Waals surface area contributed by atoms with E-state index in [1.54, 1.807) is 13.8 Å². The topological polar surface area (TPSA) is 90.1 Å². The first-order valence-electron chi connectivity index (χ1n) is 7.31. The van der Waals surface area contributed by atoms with Crippen molar-refractivity contribution in [1.29, 1.82) is 0 Å². The minimum absolute atomic E-state index is 0.0350. The minimum Gasteiger partial charge on any atom is -0.350 e. The highest BCUT2D eigenvalue weighted by molar-refractivity contribution is 5.75. The summed E-state index contributed by atoms with van der Waals surface area (Å²) in [6.07, 6.45) is 0. The summed E-state index contributed by atoms with van der Waals surface area (Å²) in [5.74, 6) is -0.231. The minimum atomic E-state index is -0.471. The molecule has 122 valence electrons. The molecule has 0 atom stereocenters. The van der Waals surface area contributed by atoms with Gasteiger partial charge in [0.1, 0.15) is 17.9 Å². The molecule has 0 saturated carbocycles. The number of nitro groups is 1. The zero-order chi connectivity index (χ0) is 17.1. The van der Waals surface area contributed by atoms with Gasteiger partial charge in [-0.3, -0.25) is 19.6 Å². The second kappa shape index (κ2) is 6.60. The van der Waals surface area contributed by atoms with Gasteiger partial charge in [0, 0.05) is 6.54 Å². The number of nitrogens with zero attached hydrogens (tertiary/aromatic N) is 3. The van der Waals surface area contributed by atoms with Gasteiger partial charge in [0.25, 0.3) is 0 Å². The van der Waals surface area contributed by atoms with Crippen molar-refractivity contribution < 1.29 is 9.72 Å². The van der Waals surface area contributed by atoms with Crippen molar-refractivity contribution in [3.05, 3.63) is 56.4 Å². The lowest BCUT2D eigenvalue weighted by molar-refractivity contribution is -0.386. The van der Waals surface area contributed by atoms with Crippen LogP contribution in [0.1, 0.15) is 28.1 Å². The van der Waals surface area contributed by atoms with Crippen LogP contribution in [0.15, 0.2) is 18.2 Å². The third-order valence-corrected chi connectivity index (χ3v) is 3.79. The molecule has 7 nitrogen and oxygen atoms in total. The Balaban J connectivity index is 2.03. The zero-order valence-corrected chi connectivity index (χ0v) is 13.7. The molecule has 0 aliphatic carbocycles. The fourth-order valence-corrected chi connectivity index (χ4v) is 2.54. The van der Waals surface area contributed by atoms with Crippen LogP contribution in [0.5, 0.6) is 0 Å². The van der Waals surface area contributed by atoms with Crippen LogP contribution in [-0.2, 0) is 17.9 Å². The Bertz CT molecular complexity index is 765. The molecular formula is C16H20N4O3. The molecular weight excluding hydrogens is 296 g/mol. The Morgan fingerprint density at radius 2 is 2.00 bits per heavy atom. The molecule has 0 aliphatic rings. The van der Waals surface area contributed by atoms with Crippen molar-refractivity contribution in [2.75, 3.05) is 0 Å². The molecule has 0 spiro atoms. The van der Waals surface area contributed by atoms with E-state index in [1.807, 2.05) is 26.0 Å². The van der Waals surface area contributed by atoms with Crippen molar-refractivity contribution in [3.63, 3.8) is 0 Å². The third-order valence-electron chi connectivity index (χ3n) is 3.79. The highest BCUT2D eigenvalue weighted by atomic mass is 16.6. The Morgan fingerprint density at radius 3 is 2.57 bits per heavy atom. The molecule has 7 heteroatoms. The molecule has 1 aromatic carbocycles. The zero-order valence-electron chi connectivity index (χ0n) is 13.7. The second-order valence-electron chi connectivity index (χ2n) is 5.64. The van der Waals surface area contributed by atoms with Gasteiger partial charge in [0.15, 0.2) is 0 Å². The summed E-state index contributed by atoms with van der Waals surface area (Å²) in [5.41, 5.74) is 4.00. The van der Waals surface area contributed by atoms with E-state index in [1.165, 1.54) is 10.2 Å². The Hall–Kier alpha value is -2.70. The fraction of sp³-hybridized carbons (Fsp3) is 0.375. The summed E-state index contributed by atoms with van der Waals surface area (Å²) in [7, 11) is 0. The van der Waals surface area contributed by atoms with Gasteiger partial charge in [-0.25, -0.2) is 0 Å². The highest BCUT2D eigenvalue weighted by Crippen LogP contribution is 2.21. The van der Waals surface area contributed by atoms with E-state index in [0.717, 1.165) is 11.1 Å². The molecule has 1 heterocycles. The molecule has 2 rings (SSSR count). The van der Waals surface area contributed by atoms with Crippen LogP contribution in [0, 0.1) is 37.8 Å². The number of amides is 1. The van der Waals surface area contributed by atoms with E-state index >= 15 is 0 Å². The summed E-state index contributed by atoms with van der Waals surface area (Å²) in [6, 6.07) is 6.05. The van der Waals surface area contributed by atoms with E-state index in [9.17, 15) is 14.9 Å². The summed E-state index contributed by atoms with van der Waals surface area (Å²) in [6.45, 7) is 7.56. The quantitative estimate of drug-likeness (QED) is 0.677. The van der Waals surface area contributed by atoms with E-state index in [4.69, 9.17) is 0 Å². The van der Waals surface area contributed by atoms with E-state index in [0.29, 0.717) is 17.9 Å². The van der Waals surface area contributed by atoms with Gasteiger partial charge in [-0.05, 0) is 38.8 Å². The monoisotopic (exact) mass is 316 g/mol. The predicted molar refractivity (Wildman–Crippen MR) is 86.1 cm³/mol. The van der Waals surface area contributed by atoms with Gasteiger partial charge in [0.05, 0.1) is 4.92 Å². The Labute approximate surface area is 134 Å². The van der Waals surface area contributed by atoms with Crippen molar-refractivity contribution in [1.82, 2.24) is 15.1 Å². The maximum atomic E-state index is 12.1. The Kier molecular flexibility index (Phi) is 4.78. The molecule has 0 unspecified atom stereocenters. The lowest BCUT2D eigenvalue weighted by Gasteiger charge is -2.09. The first kappa shape index (κ1) is 16.7. The van der Waals surface area contributed by atoms with Gasteiger partial charge in [-0.15, -0.1) is 0 Å². The summed E-state index contributed by atoms with van der Waals surface area (Å²) < 4.78 is 1.37. The first-order chi connectivity index (χ1) is 10.8. The van der Waals surface area contributed by atoms with Crippen molar-refractivity contribution in [2.45, 2.75) is 40.8 Å². The van der Waals surface area contributed by atoms with Gasteiger partial charge in [-0.1, -0.05) is 23.8 Å². The molecule has 0 radical (unpaired) electrons. The van der Waals surface area contributed by atoms with E-state index in [-0.39, 0.29) is 18.1 Å². The standard InChI is InChI=1S/C16H20N4O3/c1-10-5-6-14(11(2)7-10)8-17-15(21)9-19-13(4)16(20(22)23)12(3)18-19/h5-7H,8-9H2,1-4H3,(H,17,21). The number of aryl methyl sites for hydroxylation is 3. The highest BCUT2D eigenvalue weighted by Gasteiger charge is 2.22. The van der Waals surface area contributed by atoms with Gasteiger partial charge >= 0.3 is 5.69 Å². The molecule has 1 amide bonds. The molecule has 0 saturated heterocycles. The average molecular weight is 316 g/mol. The van der Waals surface area contributed by atoms with Crippen molar-refractivity contribution >= 4 is 11.6 Å². The van der Waals surface area contributed by atoms with E-state index in [2.05, 4.69) is 16.5 Å². The fourth-order valence-electron chi connectivity index (χ4n) is 2.54. The number of nitrogens with one attached hydrogen (secondary N) is 1. The SMILES string of the molecule is Cc1ccc(CNC(=O)Cn2nc(C)c([N+](=O)[O-])c2C)c(C)c1. The number of benzene rings is 1.